The van der Waals surface area contributed by atoms with E-state index in [2.05, 4.69) is 32.5 Å². The van der Waals surface area contributed by atoms with Gasteiger partial charge in [-0.2, -0.15) is 0 Å². The molecular weight excluding hydrogens is 438 g/mol. The van der Waals surface area contributed by atoms with E-state index in [0.29, 0.717) is 18.5 Å². The topological polar surface area (TPSA) is 88.2 Å². The number of sulfonamides is 1. The van der Waals surface area contributed by atoms with Crippen molar-refractivity contribution in [3.63, 3.8) is 0 Å². The van der Waals surface area contributed by atoms with Crippen molar-refractivity contribution in [3.05, 3.63) is 57.2 Å². The van der Waals surface area contributed by atoms with Crippen LogP contribution >= 0.6 is 22.7 Å². The minimum Gasteiger partial charge on any atom is -0.352 e. The maximum absolute atomic E-state index is 12.4. The SMILES string of the molecule is CCC(C)NS(=O)(=O)c1ccc(C(=O)NCCc2ccc(-c3csc(C)n3)s2)cc1. The second kappa shape index (κ2) is 9.82. The van der Waals surface area contributed by atoms with Crippen LogP contribution in [-0.2, 0) is 16.4 Å². The molecular formula is C21H25N3O3S3. The van der Waals surface area contributed by atoms with Gasteiger partial charge < -0.3 is 5.32 Å². The van der Waals surface area contributed by atoms with E-state index in [9.17, 15) is 13.2 Å². The summed E-state index contributed by atoms with van der Waals surface area (Å²) in [6.45, 7) is 6.22. The fraction of sp³-hybridized carbons (Fsp3) is 0.333. The van der Waals surface area contributed by atoms with Crippen molar-refractivity contribution in [1.82, 2.24) is 15.0 Å². The molecule has 0 aliphatic rings. The van der Waals surface area contributed by atoms with Gasteiger partial charge in [-0.05, 0) is 63.1 Å². The Kier molecular flexibility index (Phi) is 7.41. The van der Waals surface area contributed by atoms with E-state index in [1.54, 1.807) is 22.7 Å². The maximum atomic E-state index is 12.4. The molecule has 9 heteroatoms. The zero-order valence-corrected chi connectivity index (χ0v) is 19.6. The minimum atomic E-state index is -3.57. The van der Waals surface area contributed by atoms with Gasteiger partial charge in [0.1, 0.15) is 0 Å². The van der Waals surface area contributed by atoms with Crippen LogP contribution in [0.5, 0.6) is 0 Å². The largest absolute Gasteiger partial charge is 0.352 e. The molecule has 30 heavy (non-hydrogen) atoms. The van der Waals surface area contributed by atoms with Gasteiger partial charge >= 0.3 is 0 Å². The van der Waals surface area contributed by atoms with Crippen LogP contribution in [0, 0.1) is 6.92 Å². The number of hydrogen-bond acceptors (Lipinski definition) is 6. The molecule has 6 nitrogen and oxygen atoms in total. The van der Waals surface area contributed by atoms with E-state index in [1.807, 2.05) is 20.8 Å². The molecule has 0 saturated carbocycles. The molecule has 3 aromatic rings. The number of nitrogens with one attached hydrogen (secondary N) is 2. The van der Waals surface area contributed by atoms with E-state index >= 15 is 0 Å². The summed E-state index contributed by atoms with van der Waals surface area (Å²) in [7, 11) is -3.57. The van der Waals surface area contributed by atoms with E-state index < -0.39 is 10.0 Å². The molecule has 2 heterocycles. The summed E-state index contributed by atoms with van der Waals surface area (Å²) in [6.07, 6.45) is 1.43. The van der Waals surface area contributed by atoms with Gasteiger partial charge in [0.05, 0.1) is 20.5 Å². The first-order valence-electron chi connectivity index (χ1n) is 9.70. The number of nitrogens with zero attached hydrogens (tertiary/aromatic N) is 1. The molecule has 160 valence electrons. The van der Waals surface area contributed by atoms with Crippen LogP contribution in [-0.4, -0.2) is 31.9 Å². The molecule has 0 spiro atoms. The highest BCUT2D eigenvalue weighted by Crippen LogP contribution is 2.29. The predicted molar refractivity (Wildman–Crippen MR) is 123 cm³/mol. The third kappa shape index (κ3) is 5.75. The molecule has 0 bridgehead atoms. The van der Waals surface area contributed by atoms with Gasteiger partial charge in [0.15, 0.2) is 0 Å². The van der Waals surface area contributed by atoms with Crippen molar-refractivity contribution in [2.75, 3.05) is 6.54 Å². The predicted octanol–water partition coefficient (Wildman–Crippen LogP) is 4.23. The number of aromatic nitrogens is 1. The van der Waals surface area contributed by atoms with Crippen LogP contribution in [0.1, 0.15) is 40.5 Å². The molecule has 3 rings (SSSR count). The van der Waals surface area contributed by atoms with Gasteiger partial charge in [-0.25, -0.2) is 18.1 Å². The number of amides is 1. The Morgan fingerprint density at radius 3 is 2.53 bits per heavy atom. The number of thiazole rings is 1. The summed E-state index contributed by atoms with van der Waals surface area (Å²) in [4.78, 5) is 19.3. The van der Waals surface area contributed by atoms with Gasteiger partial charge in [0.25, 0.3) is 5.91 Å². The molecule has 1 unspecified atom stereocenters. The fourth-order valence-corrected chi connectivity index (χ4v) is 5.71. The van der Waals surface area contributed by atoms with E-state index in [4.69, 9.17) is 0 Å². The zero-order chi connectivity index (χ0) is 21.7. The number of benzene rings is 1. The van der Waals surface area contributed by atoms with Crippen LogP contribution in [0.15, 0.2) is 46.7 Å². The van der Waals surface area contributed by atoms with Gasteiger partial charge in [-0.1, -0.05) is 6.92 Å². The van der Waals surface area contributed by atoms with Gasteiger partial charge in [0.2, 0.25) is 10.0 Å². The van der Waals surface area contributed by atoms with Crippen LogP contribution < -0.4 is 10.0 Å². The lowest BCUT2D eigenvalue weighted by Crippen LogP contribution is -2.32. The lowest BCUT2D eigenvalue weighted by atomic mass is 10.2. The number of aryl methyl sites for hydroxylation is 1. The first kappa shape index (κ1) is 22.6. The summed E-state index contributed by atoms with van der Waals surface area (Å²) < 4.78 is 27.2. The first-order chi connectivity index (χ1) is 14.3. The third-order valence-corrected chi connectivity index (χ3v) is 8.13. The van der Waals surface area contributed by atoms with E-state index in [-0.39, 0.29) is 16.8 Å². The molecule has 2 N–H and O–H groups in total. The third-order valence-electron chi connectivity index (χ3n) is 4.59. The van der Waals surface area contributed by atoms with Crippen LogP contribution in [0.2, 0.25) is 0 Å². The molecule has 0 aliphatic carbocycles. The Balaban J connectivity index is 1.53. The summed E-state index contributed by atoms with van der Waals surface area (Å²) in [5.41, 5.74) is 1.43. The molecule has 2 aromatic heterocycles. The zero-order valence-electron chi connectivity index (χ0n) is 17.1. The highest BCUT2D eigenvalue weighted by Gasteiger charge is 2.17. The second-order valence-electron chi connectivity index (χ2n) is 6.98. The molecule has 0 saturated heterocycles. The maximum Gasteiger partial charge on any atom is 0.251 e. The number of carbonyl (C=O) groups is 1. The van der Waals surface area contributed by atoms with Crippen molar-refractivity contribution < 1.29 is 13.2 Å². The number of rotatable bonds is 9. The highest BCUT2D eigenvalue weighted by atomic mass is 32.2. The molecule has 1 aromatic carbocycles. The van der Waals surface area contributed by atoms with Crippen LogP contribution in [0.4, 0.5) is 0 Å². The average Bonchev–Trinajstić information content (AvgIpc) is 3.36. The molecule has 0 aliphatic heterocycles. The minimum absolute atomic E-state index is 0.143. The number of carbonyl (C=O) groups excluding carboxylic acids is 1. The fourth-order valence-electron chi connectivity index (χ4n) is 2.73. The summed E-state index contributed by atoms with van der Waals surface area (Å²) in [6, 6.07) is 9.97. The molecule has 1 atom stereocenters. The Labute approximate surface area is 185 Å². The standard InChI is InChI=1S/C21H25N3O3S3/c1-4-14(2)24-30(26,27)18-8-5-16(6-9-18)21(25)22-12-11-17-7-10-20(29-17)19-13-28-15(3)23-19/h5-10,13-14,24H,4,11-12H2,1-3H3,(H,22,25). The summed E-state index contributed by atoms with van der Waals surface area (Å²) in [5.74, 6) is -0.222. The molecule has 0 radical (unpaired) electrons. The summed E-state index contributed by atoms with van der Waals surface area (Å²) in [5, 5.41) is 5.98. The first-order valence-corrected chi connectivity index (χ1v) is 12.9. The molecule has 0 fully saturated rings. The van der Waals surface area contributed by atoms with Crippen LogP contribution in [0.25, 0.3) is 10.6 Å². The van der Waals surface area contributed by atoms with Crippen molar-refractivity contribution >= 4 is 38.6 Å². The average molecular weight is 464 g/mol. The summed E-state index contributed by atoms with van der Waals surface area (Å²) >= 11 is 3.31. The lowest BCUT2D eigenvalue weighted by Gasteiger charge is -2.12. The van der Waals surface area contributed by atoms with Crippen molar-refractivity contribution in [2.24, 2.45) is 0 Å². The smallest absolute Gasteiger partial charge is 0.251 e. The van der Waals surface area contributed by atoms with Gasteiger partial charge in [0, 0.05) is 28.4 Å². The Bertz CT molecular complexity index is 1100. The van der Waals surface area contributed by atoms with E-state index in [0.717, 1.165) is 22.0 Å². The van der Waals surface area contributed by atoms with Gasteiger partial charge in [-0.15, -0.1) is 22.7 Å². The van der Waals surface area contributed by atoms with Crippen molar-refractivity contribution in [2.45, 2.75) is 44.6 Å². The monoisotopic (exact) mass is 463 g/mol. The quantitative estimate of drug-likeness (QED) is 0.497. The Hall–Kier alpha value is -2.07. The normalized spacial score (nSPS) is 12.6. The second-order valence-corrected chi connectivity index (χ2v) is 10.9. The Morgan fingerprint density at radius 1 is 1.17 bits per heavy atom. The lowest BCUT2D eigenvalue weighted by molar-refractivity contribution is 0.0954. The number of hydrogen-bond donors (Lipinski definition) is 2. The van der Waals surface area contributed by atoms with Gasteiger partial charge in [-0.3, -0.25) is 4.79 Å². The number of thiophene rings is 1. The van der Waals surface area contributed by atoms with Crippen LogP contribution in [0.3, 0.4) is 0 Å². The van der Waals surface area contributed by atoms with Crippen molar-refractivity contribution in [1.29, 1.82) is 0 Å². The van der Waals surface area contributed by atoms with Crippen molar-refractivity contribution in [3.8, 4) is 10.6 Å². The van der Waals surface area contributed by atoms with E-state index in [1.165, 1.54) is 29.1 Å². The Morgan fingerprint density at radius 2 is 1.90 bits per heavy atom. The molecule has 1 amide bonds. The highest BCUT2D eigenvalue weighted by molar-refractivity contribution is 7.89.